The topological polar surface area (TPSA) is 121 Å². The molecule has 2 heterocycles. The normalized spacial score (nSPS) is 13.1. The molecule has 4 rings (SSSR count). The van der Waals surface area contributed by atoms with Crippen LogP contribution >= 0.6 is 0 Å². The molecule has 11 nitrogen and oxygen atoms in total. The molecule has 1 saturated heterocycles. The van der Waals surface area contributed by atoms with Crippen molar-refractivity contribution in [2.45, 2.75) is 20.8 Å². The second kappa shape index (κ2) is 15.0. The first-order valence-electron chi connectivity index (χ1n) is 14.1. The molecule has 0 aliphatic carbocycles. The van der Waals surface area contributed by atoms with Crippen molar-refractivity contribution in [3.8, 4) is 17.1 Å². The van der Waals surface area contributed by atoms with Crippen LogP contribution in [0.1, 0.15) is 31.3 Å². The van der Waals surface area contributed by atoms with E-state index in [0.29, 0.717) is 73.8 Å². The molecular weight excluding hydrogens is 522 g/mol. The predicted molar refractivity (Wildman–Crippen MR) is 161 cm³/mol. The quantitative estimate of drug-likeness (QED) is 0.302. The standard InChI is InChI=1S/C30H39N7O4/c1-4-36(5-2)17-16-31-29(38)25-26(41-6-3)28(37-18-20-40-21-19-37)35-27(34-25)22-12-14-24(15-13-22)33-30(39)32-23-10-8-7-9-11-23/h7-15H,4-6,16-21H2,1-3H3,(H,31,38)(H2,32,33,39). The van der Waals surface area contributed by atoms with E-state index in [9.17, 15) is 9.59 Å². The molecule has 3 N–H and O–H groups in total. The molecule has 0 spiro atoms. The van der Waals surface area contributed by atoms with Gasteiger partial charge in [-0.2, -0.15) is 0 Å². The summed E-state index contributed by atoms with van der Waals surface area (Å²) in [5.74, 6) is 1.02. The highest BCUT2D eigenvalue weighted by Crippen LogP contribution is 2.33. The van der Waals surface area contributed by atoms with E-state index in [2.05, 4.69) is 44.6 Å². The van der Waals surface area contributed by atoms with Crippen molar-refractivity contribution in [3.63, 3.8) is 0 Å². The zero-order valence-electron chi connectivity index (χ0n) is 24.0. The number of para-hydroxylation sites is 1. The number of nitrogens with zero attached hydrogens (tertiary/aromatic N) is 4. The minimum atomic E-state index is -0.348. The number of hydrogen-bond acceptors (Lipinski definition) is 8. The molecule has 1 aromatic heterocycles. The van der Waals surface area contributed by atoms with Crippen LogP contribution in [0.2, 0.25) is 0 Å². The minimum absolute atomic E-state index is 0.197. The summed E-state index contributed by atoms with van der Waals surface area (Å²) in [5, 5.41) is 8.63. The average molecular weight is 562 g/mol. The zero-order chi connectivity index (χ0) is 29.0. The second-order valence-electron chi connectivity index (χ2n) is 9.39. The van der Waals surface area contributed by atoms with Crippen LogP contribution in [0.5, 0.6) is 5.75 Å². The SMILES string of the molecule is CCOc1c(C(=O)NCCN(CC)CC)nc(-c2ccc(NC(=O)Nc3ccccc3)cc2)nc1N1CCOCC1. The first-order valence-corrected chi connectivity index (χ1v) is 14.1. The largest absolute Gasteiger partial charge is 0.488 e. The number of amides is 3. The summed E-state index contributed by atoms with van der Waals surface area (Å²) in [7, 11) is 0. The van der Waals surface area contributed by atoms with Crippen molar-refractivity contribution in [1.29, 1.82) is 0 Å². The van der Waals surface area contributed by atoms with Crippen LogP contribution in [0.3, 0.4) is 0 Å². The highest BCUT2D eigenvalue weighted by atomic mass is 16.5. The first-order chi connectivity index (χ1) is 20.0. The summed E-state index contributed by atoms with van der Waals surface area (Å²) in [4.78, 5) is 39.7. The fourth-order valence-corrected chi connectivity index (χ4v) is 4.46. The van der Waals surface area contributed by atoms with Gasteiger partial charge in [-0.15, -0.1) is 0 Å². The van der Waals surface area contributed by atoms with E-state index in [-0.39, 0.29) is 17.6 Å². The number of morpholine rings is 1. The van der Waals surface area contributed by atoms with Crippen LogP contribution in [0.25, 0.3) is 11.4 Å². The fraction of sp³-hybridized carbons (Fsp3) is 0.400. The minimum Gasteiger partial charge on any atom is -0.488 e. The number of rotatable bonds is 12. The van der Waals surface area contributed by atoms with Gasteiger partial charge in [-0.05, 0) is 56.4 Å². The summed E-state index contributed by atoms with van der Waals surface area (Å²) < 4.78 is 11.5. The summed E-state index contributed by atoms with van der Waals surface area (Å²) in [6.45, 7) is 11.8. The molecule has 3 amide bonds. The Morgan fingerprint density at radius 1 is 0.927 bits per heavy atom. The summed E-state index contributed by atoms with van der Waals surface area (Å²) >= 11 is 0. The van der Waals surface area contributed by atoms with Crippen LogP contribution in [-0.4, -0.2) is 85.9 Å². The molecule has 0 atom stereocenters. The number of aromatic nitrogens is 2. The number of likely N-dealkylation sites (N-methyl/N-ethyl adjacent to an activating group) is 1. The molecule has 1 fully saturated rings. The molecule has 3 aromatic rings. The lowest BCUT2D eigenvalue weighted by Gasteiger charge is -2.30. The lowest BCUT2D eigenvalue weighted by molar-refractivity contribution is 0.0939. The molecule has 11 heteroatoms. The number of nitrogens with one attached hydrogen (secondary N) is 3. The van der Waals surface area contributed by atoms with Gasteiger partial charge < -0.3 is 35.2 Å². The predicted octanol–water partition coefficient (Wildman–Crippen LogP) is 4.09. The second-order valence-corrected chi connectivity index (χ2v) is 9.39. The van der Waals surface area contributed by atoms with Gasteiger partial charge in [0.1, 0.15) is 0 Å². The van der Waals surface area contributed by atoms with Crippen LogP contribution in [0.4, 0.5) is 22.0 Å². The molecule has 1 aliphatic heterocycles. The van der Waals surface area contributed by atoms with Crippen molar-refractivity contribution >= 4 is 29.1 Å². The summed E-state index contributed by atoms with van der Waals surface area (Å²) in [6, 6.07) is 16.1. The molecule has 41 heavy (non-hydrogen) atoms. The maximum Gasteiger partial charge on any atom is 0.323 e. The van der Waals surface area contributed by atoms with E-state index in [0.717, 1.165) is 19.6 Å². The Morgan fingerprint density at radius 3 is 2.22 bits per heavy atom. The van der Waals surface area contributed by atoms with Crippen molar-refractivity contribution in [3.05, 3.63) is 60.3 Å². The number of carbonyl (C=O) groups is 2. The Balaban J connectivity index is 1.60. The lowest BCUT2D eigenvalue weighted by Crippen LogP contribution is -2.38. The molecular formula is C30H39N7O4. The molecule has 2 aromatic carbocycles. The highest BCUT2D eigenvalue weighted by Gasteiger charge is 2.26. The van der Waals surface area contributed by atoms with Crippen LogP contribution < -0.4 is 25.6 Å². The van der Waals surface area contributed by atoms with Crippen molar-refractivity contribution in [1.82, 2.24) is 20.2 Å². The summed E-state index contributed by atoms with van der Waals surface area (Å²) in [6.07, 6.45) is 0. The Morgan fingerprint density at radius 2 is 1.59 bits per heavy atom. The van der Waals surface area contributed by atoms with Gasteiger partial charge in [0.25, 0.3) is 5.91 Å². The van der Waals surface area contributed by atoms with Crippen molar-refractivity contribution < 1.29 is 19.1 Å². The van der Waals surface area contributed by atoms with Crippen LogP contribution in [0, 0.1) is 0 Å². The Bertz CT molecular complexity index is 1280. The van der Waals surface area contributed by atoms with E-state index in [4.69, 9.17) is 14.5 Å². The Kier molecular flexibility index (Phi) is 10.9. The molecule has 1 aliphatic rings. The number of anilines is 3. The lowest BCUT2D eigenvalue weighted by atomic mass is 10.1. The van der Waals surface area contributed by atoms with Gasteiger partial charge in [-0.25, -0.2) is 14.8 Å². The Labute approximate surface area is 241 Å². The van der Waals surface area contributed by atoms with E-state index in [1.54, 1.807) is 12.1 Å². The number of benzene rings is 2. The van der Waals surface area contributed by atoms with E-state index in [1.165, 1.54) is 0 Å². The van der Waals surface area contributed by atoms with Gasteiger partial charge in [0, 0.05) is 43.1 Å². The fourth-order valence-electron chi connectivity index (χ4n) is 4.46. The van der Waals surface area contributed by atoms with E-state index in [1.807, 2.05) is 49.4 Å². The highest BCUT2D eigenvalue weighted by molar-refractivity contribution is 6.00. The van der Waals surface area contributed by atoms with Gasteiger partial charge in [-0.1, -0.05) is 32.0 Å². The van der Waals surface area contributed by atoms with Crippen LogP contribution in [0.15, 0.2) is 54.6 Å². The Hall–Kier alpha value is -4.22. The number of ether oxygens (including phenoxy) is 2. The molecule has 0 unspecified atom stereocenters. The molecule has 218 valence electrons. The van der Waals surface area contributed by atoms with Crippen LogP contribution in [-0.2, 0) is 4.74 Å². The van der Waals surface area contributed by atoms with Crippen molar-refractivity contribution in [2.24, 2.45) is 0 Å². The molecule has 0 bridgehead atoms. The third kappa shape index (κ3) is 8.15. The van der Waals surface area contributed by atoms with E-state index >= 15 is 0 Å². The first kappa shape index (κ1) is 29.8. The number of carbonyl (C=O) groups excluding carboxylic acids is 2. The van der Waals surface area contributed by atoms with E-state index < -0.39 is 0 Å². The van der Waals surface area contributed by atoms with Gasteiger partial charge in [-0.3, -0.25) is 4.79 Å². The van der Waals surface area contributed by atoms with Crippen molar-refractivity contribution in [2.75, 3.05) is 74.6 Å². The van der Waals surface area contributed by atoms with Gasteiger partial charge in [0.2, 0.25) is 0 Å². The van der Waals surface area contributed by atoms with Gasteiger partial charge in [0.15, 0.2) is 23.1 Å². The maximum absolute atomic E-state index is 13.4. The zero-order valence-corrected chi connectivity index (χ0v) is 24.0. The van der Waals surface area contributed by atoms with Gasteiger partial charge in [0.05, 0.1) is 19.8 Å². The molecule has 0 radical (unpaired) electrons. The third-order valence-corrected chi connectivity index (χ3v) is 6.70. The average Bonchev–Trinajstić information content (AvgIpc) is 3.00. The monoisotopic (exact) mass is 561 g/mol. The maximum atomic E-state index is 13.4. The number of hydrogen-bond donors (Lipinski definition) is 3. The summed E-state index contributed by atoms with van der Waals surface area (Å²) in [5.41, 5.74) is 2.20. The van der Waals surface area contributed by atoms with Gasteiger partial charge >= 0.3 is 6.03 Å². The molecule has 0 saturated carbocycles. The smallest absolute Gasteiger partial charge is 0.323 e. The third-order valence-electron chi connectivity index (χ3n) is 6.70. The number of urea groups is 1.